The first-order valence-electron chi connectivity index (χ1n) is 5.66. The van der Waals surface area contributed by atoms with E-state index < -0.39 is 4.92 Å². The largest absolute Gasteiger partial charge is 0.325 e. The fraction of sp³-hybridized carbons (Fsp3) is 0.417. The summed E-state index contributed by atoms with van der Waals surface area (Å²) < 4.78 is 0. The van der Waals surface area contributed by atoms with Crippen molar-refractivity contribution in [3.8, 4) is 0 Å². The Labute approximate surface area is 106 Å². The third kappa shape index (κ3) is 3.27. The van der Waals surface area contributed by atoms with E-state index in [0.717, 1.165) is 0 Å². The van der Waals surface area contributed by atoms with E-state index in [1.54, 1.807) is 33.0 Å². The topological polar surface area (TPSA) is 84.3 Å². The van der Waals surface area contributed by atoms with Crippen LogP contribution >= 0.6 is 0 Å². The van der Waals surface area contributed by atoms with Gasteiger partial charge in [0.2, 0.25) is 5.91 Å². The summed E-state index contributed by atoms with van der Waals surface area (Å²) in [5.41, 5.74) is 0.957. The molecule has 1 rings (SSSR count). The summed E-state index contributed by atoms with van der Waals surface area (Å²) in [6.07, 6.45) is 0. The van der Waals surface area contributed by atoms with E-state index in [9.17, 15) is 14.9 Å². The second-order valence-corrected chi connectivity index (χ2v) is 4.15. The average molecular weight is 251 g/mol. The SMILES string of the molecule is CNCC(C)C(=O)Nc1cccc([N+](=O)[O-])c1C. The normalized spacial score (nSPS) is 11.9. The van der Waals surface area contributed by atoms with Crippen LogP contribution in [0.5, 0.6) is 0 Å². The minimum Gasteiger partial charge on any atom is -0.325 e. The number of nitro benzene ring substituents is 1. The lowest BCUT2D eigenvalue weighted by atomic mass is 10.1. The van der Waals surface area contributed by atoms with Crippen LogP contribution in [0, 0.1) is 23.0 Å². The molecular weight excluding hydrogens is 234 g/mol. The lowest BCUT2D eigenvalue weighted by Crippen LogP contribution is -2.28. The van der Waals surface area contributed by atoms with E-state index in [0.29, 0.717) is 17.8 Å². The number of carbonyl (C=O) groups is 1. The van der Waals surface area contributed by atoms with Gasteiger partial charge in [0.25, 0.3) is 5.69 Å². The van der Waals surface area contributed by atoms with Crippen LogP contribution in [0.1, 0.15) is 12.5 Å². The van der Waals surface area contributed by atoms with Gasteiger partial charge in [0.15, 0.2) is 0 Å². The van der Waals surface area contributed by atoms with Crippen molar-refractivity contribution in [3.63, 3.8) is 0 Å². The highest BCUT2D eigenvalue weighted by Crippen LogP contribution is 2.25. The first-order chi connectivity index (χ1) is 8.47. The van der Waals surface area contributed by atoms with Crippen molar-refractivity contribution in [3.05, 3.63) is 33.9 Å². The molecule has 0 aromatic heterocycles. The molecule has 1 unspecified atom stereocenters. The van der Waals surface area contributed by atoms with Gasteiger partial charge >= 0.3 is 0 Å². The van der Waals surface area contributed by atoms with Crippen LogP contribution < -0.4 is 10.6 Å². The molecule has 0 fully saturated rings. The monoisotopic (exact) mass is 251 g/mol. The lowest BCUT2D eigenvalue weighted by molar-refractivity contribution is -0.385. The predicted octanol–water partition coefficient (Wildman–Crippen LogP) is 1.70. The van der Waals surface area contributed by atoms with Gasteiger partial charge in [0.1, 0.15) is 0 Å². The number of anilines is 1. The quantitative estimate of drug-likeness (QED) is 0.616. The molecule has 98 valence electrons. The number of hydrogen-bond acceptors (Lipinski definition) is 4. The van der Waals surface area contributed by atoms with Crippen molar-refractivity contribution >= 4 is 17.3 Å². The van der Waals surface area contributed by atoms with Crippen LogP contribution in [-0.2, 0) is 4.79 Å². The van der Waals surface area contributed by atoms with Crippen molar-refractivity contribution in [1.82, 2.24) is 5.32 Å². The Hall–Kier alpha value is -1.95. The van der Waals surface area contributed by atoms with Gasteiger partial charge < -0.3 is 10.6 Å². The van der Waals surface area contributed by atoms with E-state index in [1.807, 2.05) is 0 Å². The molecule has 0 heterocycles. The molecule has 1 amide bonds. The van der Waals surface area contributed by atoms with E-state index in [4.69, 9.17) is 0 Å². The Balaban J connectivity index is 2.88. The van der Waals surface area contributed by atoms with Crippen molar-refractivity contribution in [2.45, 2.75) is 13.8 Å². The third-order valence-corrected chi connectivity index (χ3v) is 2.72. The molecule has 0 spiro atoms. The van der Waals surface area contributed by atoms with Crippen LogP contribution in [0.4, 0.5) is 11.4 Å². The highest BCUT2D eigenvalue weighted by Gasteiger charge is 2.17. The zero-order valence-electron chi connectivity index (χ0n) is 10.7. The molecule has 0 radical (unpaired) electrons. The van der Waals surface area contributed by atoms with Crippen molar-refractivity contribution < 1.29 is 9.72 Å². The zero-order valence-corrected chi connectivity index (χ0v) is 10.7. The number of nitrogens with one attached hydrogen (secondary N) is 2. The summed E-state index contributed by atoms with van der Waals surface area (Å²) in [4.78, 5) is 22.1. The molecule has 1 aromatic rings. The van der Waals surface area contributed by atoms with E-state index >= 15 is 0 Å². The molecule has 0 saturated heterocycles. The number of rotatable bonds is 5. The molecule has 1 aromatic carbocycles. The molecule has 0 aliphatic heterocycles. The first kappa shape index (κ1) is 14.1. The molecule has 0 saturated carbocycles. The third-order valence-electron chi connectivity index (χ3n) is 2.72. The number of carbonyl (C=O) groups excluding carboxylic acids is 1. The Kier molecular flexibility index (Phi) is 4.79. The van der Waals surface area contributed by atoms with Gasteiger partial charge in [-0.3, -0.25) is 14.9 Å². The smallest absolute Gasteiger partial charge is 0.274 e. The van der Waals surface area contributed by atoms with Gasteiger partial charge in [-0.2, -0.15) is 0 Å². The van der Waals surface area contributed by atoms with Crippen LogP contribution in [-0.4, -0.2) is 24.4 Å². The van der Waals surface area contributed by atoms with Gasteiger partial charge in [-0.1, -0.05) is 13.0 Å². The lowest BCUT2D eigenvalue weighted by Gasteiger charge is -2.13. The van der Waals surface area contributed by atoms with Crippen LogP contribution in [0.3, 0.4) is 0 Å². The van der Waals surface area contributed by atoms with E-state index in [2.05, 4.69) is 10.6 Å². The van der Waals surface area contributed by atoms with Crippen molar-refractivity contribution in [2.75, 3.05) is 18.9 Å². The Bertz CT molecular complexity index is 460. The number of benzene rings is 1. The number of amides is 1. The second-order valence-electron chi connectivity index (χ2n) is 4.15. The molecule has 6 heteroatoms. The molecule has 0 aliphatic rings. The average Bonchev–Trinajstić information content (AvgIpc) is 2.31. The molecule has 0 bridgehead atoms. The molecule has 18 heavy (non-hydrogen) atoms. The minimum atomic E-state index is -0.456. The summed E-state index contributed by atoms with van der Waals surface area (Å²) in [6, 6.07) is 4.64. The van der Waals surface area contributed by atoms with E-state index in [1.165, 1.54) is 6.07 Å². The van der Waals surface area contributed by atoms with Gasteiger partial charge in [-0.25, -0.2) is 0 Å². The molecule has 1 atom stereocenters. The highest BCUT2D eigenvalue weighted by atomic mass is 16.6. The number of nitro groups is 1. The Morgan fingerprint density at radius 3 is 2.72 bits per heavy atom. The maximum atomic E-state index is 11.8. The summed E-state index contributed by atoms with van der Waals surface area (Å²) in [6.45, 7) is 3.97. The maximum absolute atomic E-state index is 11.8. The van der Waals surface area contributed by atoms with Crippen molar-refractivity contribution in [1.29, 1.82) is 0 Å². The predicted molar refractivity (Wildman–Crippen MR) is 69.6 cm³/mol. The van der Waals surface area contributed by atoms with Gasteiger partial charge in [-0.05, 0) is 20.0 Å². The second kappa shape index (κ2) is 6.11. The molecule has 0 aliphatic carbocycles. The van der Waals surface area contributed by atoms with Crippen molar-refractivity contribution in [2.24, 2.45) is 5.92 Å². The van der Waals surface area contributed by atoms with Gasteiger partial charge in [0, 0.05) is 18.5 Å². The summed E-state index contributed by atoms with van der Waals surface area (Å²) in [5, 5.41) is 16.4. The van der Waals surface area contributed by atoms with E-state index in [-0.39, 0.29) is 17.5 Å². The van der Waals surface area contributed by atoms with Crippen LogP contribution in [0.2, 0.25) is 0 Å². The number of hydrogen-bond donors (Lipinski definition) is 2. The summed E-state index contributed by atoms with van der Waals surface area (Å²) in [5.74, 6) is -0.360. The molecule has 6 nitrogen and oxygen atoms in total. The first-order valence-corrected chi connectivity index (χ1v) is 5.66. The fourth-order valence-electron chi connectivity index (χ4n) is 1.61. The Morgan fingerprint density at radius 2 is 2.17 bits per heavy atom. The molecule has 2 N–H and O–H groups in total. The zero-order chi connectivity index (χ0) is 13.7. The van der Waals surface area contributed by atoms with Crippen LogP contribution in [0.25, 0.3) is 0 Å². The fourth-order valence-corrected chi connectivity index (χ4v) is 1.61. The van der Waals surface area contributed by atoms with Crippen LogP contribution in [0.15, 0.2) is 18.2 Å². The minimum absolute atomic E-state index is 0.00840. The summed E-state index contributed by atoms with van der Waals surface area (Å²) >= 11 is 0. The highest BCUT2D eigenvalue weighted by molar-refractivity contribution is 5.93. The Morgan fingerprint density at radius 1 is 1.50 bits per heavy atom. The standard InChI is InChI=1S/C12H17N3O3/c1-8(7-13-3)12(16)14-10-5-4-6-11(9(10)2)15(17)18/h4-6,8,13H,7H2,1-3H3,(H,14,16). The van der Waals surface area contributed by atoms with Gasteiger partial charge in [-0.15, -0.1) is 0 Å². The molecular formula is C12H17N3O3. The maximum Gasteiger partial charge on any atom is 0.274 e. The number of nitrogens with zero attached hydrogens (tertiary/aromatic N) is 1. The summed E-state index contributed by atoms with van der Waals surface area (Å²) in [7, 11) is 1.77. The van der Waals surface area contributed by atoms with Gasteiger partial charge in [0.05, 0.1) is 16.2 Å².